The maximum atomic E-state index is 12.5. The minimum Gasteiger partial charge on any atom is -0.316 e. The second kappa shape index (κ2) is 6.31. The number of nitrogens with zero attached hydrogens (tertiary/aromatic N) is 2. The van der Waals surface area contributed by atoms with Gasteiger partial charge in [0.25, 0.3) is 10.0 Å². The standard InChI is InChI=1S/C12H17N3O2S3/c1-9-11(19-8-14-9)6-15(3)20(16,17)12-4-10(5-13-2)7-18-12/h4,7-8,13H,5-6H2,1-3H3. The zero-order chi connectivity index (χ0) is 14.8. The quantitative estimate of drug-likeness (QED) is 0.880. The second-order valence-corrected chi connectivity index (χ2v) is 8.55. The van der Waals surface area contributed by atoms with E-state index in [4.69, 9.17) is 0 Å². The third-order valence-electron chi connectivity index (χ3n) is 2.89. The highest BCUT2D eigenvalue weighted by Crippen LogP contribution is 2.25. The van der Waals surface area contributed by atoms with Crippen LogP contribution in [0.15, 0.2) is 21.2 Å². The Kier molecular flexibility index (Phi) is 4.92. The normalized spacial score (nSPS) is 12.2. The minimum atomic E-state index is -3.43. The van der Waals surface area contributed by atoms with Crippen molar-refractivity contribution in [1.82, 2.24) is 14.6 Å². The molecular formula is C12H17N3O2S3. The SMILES string of the molecule is CNCc1csc(S(=O)(=O)N(C)Cc2scnc2C)c1. The fraction of sp³-hybridized carbons (Fsp3) is 0.417. The number of hydrogen-bond donors (Lipinski definition) is 1. The van der Waals surface area contributed by atoms with E-state index < -0.39 is 10.0 Å². The molecule has 2 aromatic rings. The van der Waals surface area contributed by atoms with Crippen LogP contribution in [0.2, 0.25) is 0 Å². The smallest absolute Gasteiger partial charge is 0.252 e. The van der Waals surface area contributed by atoms with Crippen molar-refractivity contribution in [1.29, 1.82) is 0 Å². The Balaban J connectivity index is 2.18. The Labute approximate surface area is 127 Å². The second-order valence-electron chi connectivity index (χ2n) is 4.43. The summed E-state index contributed by atoms with van der Waals surface area (Å²) in [6.07, 6.45) is 0. The van der Waals surface area contributed by atoms with Crippen molar-refractivity contribution in [2.24, 2.45) is 0 Å². The monoisotopic (exact) mass is 331 g/mol. The van der Waals surface area contributed by atoms with Crippen molar-refractivity contribution < 1.29 is 8.42 Å². The summed E-state index contributed by atoms with van der Waals surface area (Å²) in [6, 6.07) is 1.73. The zero-order valence-corrected chi connectivity index (χ0v) is 14.0. The fourth-order valence-electron chi connectivity index (χ4n) is 1.70. The molecule has 0 aromatic carbocycles. The largest absolute Gasteiger partial charge is 0.316 e. The van der Waals surface area contributed by atoms with E-state index >= 15 is 0 Å². The first-order valence-electron chi connectivity index (χ1n) is 6.02. The van der Waals surface area contributed by atoms with E-state index in [0.717, 1.165) is 16.1 Å². The summed E-state index contributed by atoms with van der Waals surface area (Å²) >= 11 is 2.74. The molecule has 0 aliphatic carbocycles. The maximum absolute atomic E-state index is 12.5. The van der Waals surface area contributed by atoms with E-state index in [2.05, 4.69) is 10.3 Å². The molecule has 20 heavy (non-hydrogen) atoms. The molecule has 0 saturated heterocycles. The van der Waals surface area contributed by atoms with Crippen molar-refractivity contribution >= 4 is 32.7 Å². The summed E-state index contributed by atoms with van der Waals surface area (Å²) in [7, 11) is 0.0146. The number of nitrogens with one attached hydrogen (secondary N) is 1. The van der Waals surface area contributed by atoms with Crippen molar-refractivity contribution in [3.8, 4) is 0 Å². The van der Waals surface area contributed by atoms with Gasteiger partial charge >= 0.3 is 0 Å². The lowest BCUT2D eigenvalue weighted by atomic mass is 10.3. The van der Waals surface area contributed by atoms with Crippen molar-refractivity contribution in [3.63, 3.8) is 0 Å². The van der Waals surface area contributed by atoms with Gasteiger partial charge in [0.2, 0.25) is 0 Å². The van der Waals surface area contributed by atoms with E-state index in [0.29, 0.717) is 17.3 Å². The summed E-state index contributed by atoms with van der Waals surface area (Å²) in [5.74, 6) is 0. The van der Waals surface area contributed by atoms with E-state index in [1.54, 1.807) is 18.6 Å². The third kappa shape index (κ3) is 3.26. The molecule has 0 saturated carbocycles. The van der Waals surface area contributed by atoms with E-state index in [1.807, 2.05) is 19.4 Å². The summed E-state index contributed by atoms with van der Waals surface area (Å²) in [4.78, 5) is 5.12. The van der Waals surface area contributed by atoms with Gasteiger partial charge in [0.15, 0.2) is 0 Å². The van der Waals surface area contributed by atoms with E-state index in [9.17, 15) is 8.42 Å². The maximum Gasteiger partial charge on any atom is 0.252 e. The molecule has 1 N–H and O–H groups in total. The Morgan fingerprint density at radius 2 is 2.15 bits per heavy atom. The zero-order valence-electron chi connectivity index (χ0n) is 11.6. The van der Waals surface area contributed by atoms with Crippen LogP contribution in [0.3, 0.4) is 0 Å². The van der Waals surface area contributed by atoms with Gasteiger partial charge in [0, 0.05) is 25.0 Å². The van der Waals surface area contributed by atoms with Crippen LogP contribution < -0.4 is 5.32 Å². The number of sulfonamides is 1. The molecule has 2 rings (SSSR count). The van der Waals surface area contributed by atoms with Crippen LogP contribution in [0.4, 0.5) is 0 Å². The van der Waals surface area contributed by atoms with Crippen LogP contribution in [0.5, 0.6) is 0 Å². The van der Waals surface area contributed by atoms with Gasteiger partial charge in [0.1, 0.15) is 4.21 Å². The lowest BCUT2D eigenvalue weighted by Gasteiger charge is -2.15. The summed E-state index contributed by atoms with van der Waals surface area (Å²) in [5, 5.41) is 4.88. The van der Waals surface area contributed by atoms with Gasteiger partial charge in [-0.25, -0.2) is 13.4 Å². The van der Waals surface area contributed by atoms with Crippen LogP contribution in [-0.2, 0) is 23.1 Å². The summed E-state index contributed by atoms with van der Waals surface area (Å²) < 4.78 is 26.7. The number of hydrogen-bond acceptors (Lipinski definition) is 6. The molecule has 2 heterocycles. The highest BCUT2D eigenvalue weighted by Gasteiger charge is 2.23. The van der Waals surface area contributed by atoms with E-state index in [-0.39, 0.29) is 0 Å². The highest BCUT2D eigenvalue weighted by atomic mass is 32.2. The third-order valence-corrected chi connectivity index (χ3v) is 7.07. The molecule has 110 valence electrons. The van der Waals surface area contributed by atoms with Gasteiger partial charge in [-0.2, -0.15) is 4.31 Å². The Morgan fingerprint density at radius 1 is 1.40 bits per heavy atom. The molecule has 0 aliphatic heterocycles. The number of aryl methyl sites for hydroxylation is 1. The molecule has 8 heteroatoms. The van der Waals surface area contributed by atoms with Gasteiger partial charge in [0.05, 0.1) is 11.2 Å². The van der Waals surface area contributed by atoms with Crippen molar-refractivity contribution in [2.75, 3.05) is 14.1 Å². The van der Waals surface area contributed by atoms with Crippen LogP contribution >= 0.6 is 22.7 Å². The average Bonchev–Trinajstić information content (AvgIpc) is 3.00. The van der Waals surface area contributed by atoms with Crippen molar-refractivity contribution in [2.45, 2.75) is 24.2 Å². The summed E-state index contributed by atoms with van der Waals surface area (Å²) in [5.41, 5.74) is 3.61. The molecule has 5 nitrogen and oxygen atoms in total. The van der Waals surface area contributed by atoms with E-state index in [1.165, 1.54) is 27.0 Å². The lowest BCUT2D eigenvalue weighted by Crippen LogP contribution is -2.25. The van der Waals surface area contributed by atoms with Gasteiger partial charge in [-0.05, 0) is 31.0 Å². The Hall–Kier alpha value is -0.800. The van der Waals surface area contributed by atoms with Gasteiger partial charge in [-0.15, -0.1) is 22.7 Å². The molecule has 0 spiro atoms. The molecular weight excluding hydrogens is 314 g/mol. The predicted molar refractivity (Wildman–Crippen MR) is 82.6 cm³/mol. The first-order valence-corrected chi connectivity index (χ1v) is 9.22. The summed E-state index contributed by atoms with van der Waals surface area (Å²) in [6.45, 7) is 2.92. The molecule has 2 aromatic heterocycles. The van der Waals surface area contributed by atoms with Crippen LogP contribution in [0.1, 0.15) is 16.1 Å². The first kappa shape index (κ1) is 15.6. The average molecular weight is 331 g/mol. The highest BCUT2D eigenvalue weighted by molar-refractivity contribution is 7.91. The van der Waals surface area contributed by atoms with Crippen LogP contribution in [-0.4, -0.2) is 31.8 Å². The lowest BCUT2D eigenvalue weighted by molar-refractivity contribution is 0.470. The van der Waals surface area contributed by atoms with Crippen LogP contribution in [0, 0.1) is 6.92 Å². The number of thiophene rings is 1. The van der Waals surface area contributed by atoms with Crippen LogP contribution in [0.25, 0.3) is 0 Å². The number of aromatic nitrogens is 1. The molecule has 0 radical (unpaired) electrons. The van der Waals surface area contributed by atoms with Gasteiger partial charge in [-0.3, -0.25) is 0 Å². The Bertz CT molecular complexity index is 676. The fourth-order valence-corrected chi connectivity index (χ4v) is 5.17. The van der Waals surface area contributed by atoms with Gasteiger partial charge in [-0.1, -0.05) is 0 Å². The van der Waals surface area contributed by atoms with Gasteiger partial charge < -0.3 is 5.32 Å². The number of rotatable bonds is 6. The number of thiazole rings is 1. The topological polar surface area (TPSA) is 62.3 Å². The first-order chi connectivity index (χ1) is 9.45. The molecule has 0 fully saturated rings. The predicted octanol–water partition coefficient (Wildman–Crippen LogP) is 2.05. The Morgan fingerprint density at radius 3 is 2.75 bits per heavy atom. The molecule has 0 amide bonds. The molecule has 0 unspecified atom stereocenters. The minimum absolute atomic E-state index is 0.359. The molecule has 0 bridgehead atoms. The molecule has 0 atom stereocenters. The van der Waals surface area contributed by atoms with Crippen molar-refractivity contribution in [3.05, 3.63) is 33.1 Å². The molecule has 0 aliphatic rings.